The Morgan fingerprint density at radius 1 is 1.67 bits per heavy atom. The van der Waals surface area contributed by atoms with E-state index in [2.05, 4.69) is 18.7 Å². The van der Waals surface area contributed by atoms with Crippen LogP contribution < -0.4 is 0 Å². The largest absolute Gasteiger partial charge is 0.468 e. The molecule has 0 N–H and O–H groups in total. The summed E-state index contributed by atoms with van der Waals surface area (Å²) in [6.07, 6.45) is 1.10. The van der Waals surface area contributed by atoms with Crippen LogP contribution in [0.25, 0.3) is 0 Å². The molecule has 0 saturated carbocycles. The average Bonchev–Trinajstić information content (AvgIpc) is 2.45. The molecule has 1 fully saturated rings. The van der Waals surface area contributed by atoms with Crippen molar-refractivity contribution in [1.82, 2.24) is 4.90 Å². The van der Waals surface area contributed by atoms with Crippen LogP contribution in [0, 0.1) is 5.92 Å². The Kier molecular flexibility index (Phi) is 3.09. The molecule has 0 aromatic heterocycles. The second-order valence-corrected chi connectivity index (χ2v) is 3.36. The molecule has 0 bridgehead atoms. The van der Waals surface area contributed by atoms with Crippen LogP contribution in [0.3, 0.4) is 0 Å². The van der Waals surface area contributed by atoms with Gasteiger partial charge in [0.05, 0.1) is 7.11 Å². The molecule has 0 radical (unpaired) electrons. The monoisotopic (exact) mass is 171 g/mol. The lowest BCUT2D eigenvalue weighted by atomic mass is 10.0. The normalized spacial score (nSPS) is 30.6. The van der Waals surface area contributed by atoms with Gasteiger partial charge in [0.25, 0.3) is 0 Å². The van der Waals surface area contributed by atoms with Crippen LogP contribution in [0.2, 0.25) is 0 Å². The van der Waals surface area contributed by atoms with E-state index in [-0.39, 0.29) is 12.0 Å². The number of nitrogens with zero attached hydrogens (tertiary/aromatic N) is 1. The van der Waals surface area contributed by atoms with E-state index in [4.69, 9.17) is 4.74 Å². The van der Waals surface area contributed by atoms with Gasteiger partial charge in [0, 0.05) is 0 Å². The van der Waals surface area contributed by atoms with Crippen molar-refractivity contribution in [3.05, 3.63) is 0 Å². The smallest absolute Gasteiger partial charge is 0.323 e. The third kappa shape index (κ3) is 1.61. The number of methoxy groups -OCH3 is 1. The van der Waals surface area contributed by atoms with Crippen molar-refractivity contribution in [2.24, 2.45) is 5.92 Å². The van der Waals surface area contributed by atoms with Crippen molar-refractivity contribution in [2.75, 3.05) is 20.2 Å². The molecular weight excluding hydrogens is 154 g/mol. The van der Waals surface area contributed by atoms with E-state index in [1.54, 1.807) is 0 Å². The Labute approximate surface area is 73.7 Å². The molecule has 1 aliphatic heterocycles. The summed E-state index contributed by atoms with van der Waals surface area (Å²) in [6.45, 7) is 6.15. The summed E-state index contributed by atoms with van der Waals surface area (Å²) >= 11 is 0. The Balaban J connectivity index is 2.63. The lowest BCUT2D eigenvalue weighted by molar-refractivity contribution is -0.146. The van der Waals surface area contributed by atoms with Gasteiger partial charge in [-0.05, 0) is 25.4 Å². The van der Waals surface area contributed by atoms with Gasteiger partial charge in [0.1, 0.15) is 6.04 Å². The van der Waals surface area contributed by atoms with E-state index >= 15 is 0 Å². The predicted molar refractivity (Wildman–Crippen MR) is 46.8 cm³/mol. The van der Waals surface area contributed by atoms with Gasteiger partial charge in [-0.1, -0.05) is 13.8 Å². The second-order valence-electron chi connectivity index (χ2n) is 3.36. The van der Waals surface area contributed by atoms with Crippen molar-refractivity contribution in [2.45, 2.75) is 26.3 Å². The molecule has 1 saturated heterocycles. The summed E-state index contributed by atoms with van der Waals surface area (Å²) in [4.78, 5) is 13.5. The lowest BCUT2D eigenvalue weighted by Gasteiger charge is -2.22. The lowest BCUT2D eigenvalue weighted by Crippen LogP contribution is -2.39. The van der Waals surface area contributed by atoms with Crippen molar-refractivity contribution in [3.63, 3.8) is 0 Å². The molecule has 0 aromatic carbocycles. The summed E-state index contributed by atoms with van der Waals surface area (Å²) in [6, 6.07) is -0.000000000000000222. The number of ether oxygens (including phenoxy) is 1. The molecule has 0 amide bonds. The van der Waals surface area contributed by atoms with E-state index < -0.39 is 0 Å². The molecule has 2 atom stereocenters. The number of hydrogen-bond acceptors (Lipinski definition) is 3. The molecule has 3 heteroatoms. The number of rotatable bonds is 2. The molecule has 1 rings (SSSR count). The highest BCUT2D eigenvalue weighted by Gasteiger charge is 2.36. The summed E-state index contributed by atoms with van der Waals surface area (Å²) < 4.78 is 4.76. The summed E-state index contributed by atoms with van der Waals surface area (Å²) in [5.41, 5.74) is 0. The fourth-order valence-electron chi connectivity index (χ4n) is 1.88. The first kappa shape index (κ1) is 9.52. The first-order valence-electron chi connectivity index (χ1n) is 4.52. The van der Waals surface area contributed by atoms with Crippen LogP contribution in [-0.4, -0.2) is 37.1 Å². The maximum Gasteiger partial charge on any atom is 0.323 e. The minimum absolute atomic E-state index is 0.000000000000000222. The highest BCUT2D eigenvalue weighted by molar-refractivity contribution is 5.76. The molecule has 1 heterocycles. The maximum absolute atomic E-state index is 11.3. The van der Waals surface area contributed by atoms with Gasteiger partial charge in [0.15, 0.2) is 0 Å². The zero-order valence-corrected chi connectivity index (χ0v) is 8.04. The third-order valence-corrected chi connectivity index (χ3v) is 2.65. The van der Waals surface area contributed by atoms with Crippen molar-refractivity contribution in [3.8, 4) is 0 Å². The van der Waals surface area contributed by atoms with Gasteiger partial charge in [0.2, 0.25) is 0 Å². The van der Waals surface area contributed by atoms with E-state index in [1.807, 2.05) is 0 Å². The minimum Gasteiger partial charge on any atom is -0.468 e. The highest BCUT2D eigenvalue weighted by Crippen LogP contribution is 2.23. The minimum atomic E-state index is -0.0816. The van der Waals surface area contributed by atoms with Crippen molar-refractivity contribution < 1.29 is 9.53 Å². The molecule has 0 aromatic rings. The van der Waals surface area contributed by atoms with Crippen LogP contribution in [0.4, 0.5) is 0 Å². The Hall–Kier alpha value is -0.570. The quantitative estimate of drug-likeness (QED) is 0.578. The average molecular weight is 171 g/mol. The van der Waals surface area contributed by atoms with Crippen LogP contribution in [-0.2, 0) is 9.53 Å². The molecule has 12 heavy (non-hydrogen) atoms. The van der Waals surface area contributed by atoms with E-state index in [9.17, 15) is 4.79 Å². The van der Waals surface area contributed by atoms with E-state index in [0.29, 0.717) is 5.92 Å². The Morgan fingerprint density at radius 3 is 2.83 bits per heavy atom. The van der Waals surface area contributed by atoms with E-state index in [1.165, 1.54) is 7.11 Å². The van der Waals surface area contributed by atoms with Crippen LogP contribution in [0.1, 0.15) is 20.3 Å². The van der Waals surface area contributed by atoms with Crippen LogP contribution in [0.5, 0.6) is 0 Å². The molecular formula is C9H17NO2. The summed E-state index contributed by atoms with van der Waals surface area (Å²) in [5, 5.41) is 0. The number of carbonyl (C=O) groups is 1. The number of esters is 1. The Bertz CT molecular complexity index is 170. The first-order chi connectivity index (χ1) is 5.70. The van der Waals surface area contributed by atoms with Crippen LogP contribution >= 0.6 is 0 Å². The zero-order chi connectivity index (χ0) is 9.14. The van der Waals surface area contributed by atoms with Gasteiger partial charge in [-0.3, -0.25) is 9.69 Å². The fourth-order valence-corrected chi connectivity index (χ4v) is 1.88. The highest BCUT2D eigenvalue weighted by atomic mass is 16.5. The van der Waals surface area contributed by atoms with Gasteiger partial charge in [-0.25, -0.2) is 0 Å². The number of likely N-dealkylation sites (tertiary alicyclic amines) is 1. The first-order valence-corrected chi connectivity index (χ1v) is 4.52. The third-order valence-electron chi connectivity index (χ3n) is 2.65. The SMILES string of the molecule is CCN1CCC(C)C1C(=O)OC. The Morgan fingerprint density at radius 2 is 2.33 bits per heavy atom. The zero-order valence-electron chi connectivity index (χ0n) is 8.04. The van der Waals surface area contributed by atoms with E-state index in [0.717, 1.165) is 19.5 Å². The predicted octanol–water partition coefficient (Wildman–Crippen LogP) is 0.890. The molecule has 0 spiro atoms. The standard InChI is InChI=1S/C9H17NO2/c1-4-10-6-5-7(2)8(10)9(11)12-3/h7-8H,4-6H2,1-3H3. The van der Waals surface area contributed by atoms with Crippen molar-refractivity contribution >= 4 is 5.97 Å². The summed E-state index contributed by atoms with van der Waals surface area (Å²) in [5.74, 6) is 0.360. The molecule has 3 nitrogen and oxygen atoms in total. The second kappa shape index (κ2) is 3.90. The number of likely N-dealkylation sites (N-methyl/N-ethyl adjacent to an activating group) is 1. The van der Waals surface area contributed by atoms with Gasteiger partial charge in [-0.2, -0.15) is 0 Å². The van der Waals surface area contributed by atoms with Crippen LogP contribution in [0.15, 0.2) is 0 Å². The maximum atomic E-state index is 11.3. The molecule has 1 aliphatic rings. The summed E-state index contributed by atoms with van der Waals surface area (Å²) in [7, 11) is 1.46. The molecule has 2 unspecified atom stereocenters. The van der Waals surface area contributed by atoms with Gasteiger partial charge >= 0.3 is 5.97 Å². The number of carbonyl (C=O) groups excluding carboxylic acids is 1. The fraction of sp³-hybridized carbons (Fsp3) is 0.889. The van der Waals surface area contributed by atoms with Crippen molar-refractivity contribution in [1.29, 1.82) is 0 Å². The van der Waals surface area contributed by atoms with Gasteiger partial charge < -0.3 is 4.74 Å². The van der Waals surface area contributed by atoms with Gasteiger partial charge in [-0.15, -0.1) is 0 Å². The topological polar surface area (TPSA) is 29.5 Å². The molecule has 70 valence electrons. The molecule has 0 aliphatic carbocycles. The number of hydrogen-bond donors (Lipinski definition) is 0.